The number of ether oxygens (including phenoxy) is 1. The van der Waals surface area contributed by atoms with Crippen LogP contribution in [0.1, 0.15) is 12.0 Å². The first kappa shape index (κ1) is 16.0. The molecule has 1 aromatic heterocycles. The van der Waals surface area contributed by atoms with E-state index in [9.17, 15) is 9.59 Å². The number of rotatable bonds is 6. The van der Waals surface area contributed by atoms with Crippen LogP contribution in [-0.2, 0) is 22.5 Å². The summed E-state index contributed by atoms with van der Waals surface area (Å²) in [7, 11) is 0. The molecule has 0 fully saturated rings. The number of hydrogen-bond donors (Lipinski definition) is 0. The van der Waals surface area contributed by atoms with Gasteiger partial charge < -0.3 is 9.30 Å². The van der Waals surface area contributed by atoms with E-state index in [0.717, 1.165) is 18.2 Å². The summed E-state index contributed by atoms with van der Waals surface area (Å²) >= 11 is 0. The van der Waals surface area contributed by atoms with Crippen molar-refractivity contribution >= 4 is 16.7 Å². The van der Waals surface area contributed by atoms with Crippen LogP contribution in [-0.4, -0.2) is 17.1 Å². The third-order valence-corrected chi connectivity index (χ3v) is 3.90. The van der Waals surface area contributed by atoms with Gasteiger partial charge in [-0.05, 0) is 35.9 Å². The van der Waals surface area contributed by atoms with Gasteiger partial charge in [0, 0.05) is 11.6 Å². The fraction of sp³-hybridized carbons (Fsp3) is 0.200. The third-order valence-electron chi connectivity index (χ3n) is 3.90. The van der Waals surface area contributed by atoms with Crippen LogP contribution in [0.15, 0.2) is 71.7 Å². The Balaban J connectivity index is 1.53. The summed E-state index contributed by atoms with van der Waals surface area (Å²) in [4.78, 5) is 24.3. The van der Waals surface area contributed by atoms with Crippen LogP contribution in [0.4, 0.5) is 0 Å². The zero-order valence-electron chi connectivity index (χ0n) is 13.4. The van der Waals surface area contributed by atoms with E-state index in [-0.39, 0.29) is 18.1 Å². The summed E-state index contributed by atoms with van der Waals surface area (Å²) in [5, 5.41) is 1.48. The molecule has 4 heteroatoms. The predicted octanol–water partition coefficient (Wildman–Crippen LogP) is 3.18. The second-order valence-electron chi connectivity index (χ2n) is 5.65. The number of aryl methyl sites for hydroxylation is 1. The standard InChI is InChI=1S/C20H19NO3/c22-19(24-14-6-9-16-7-2-1-3-8-16)15-21-13-12-17-10-4-5-11-18(17)20(21)23/h1-5,7-8,10-13H,6,9,14-15H2. The van der Waals surface area contributed by atoms with Gasteiger partial charge in [-0.25, -0.2) is 0 Å². The van der Waals surface area contributed by atoms with Gasteiger partial charge in [0.05, 0.1) is 6.61 Å². The highest BCUT2D eigenvalue weighted by Crippen LogP contribution is 2.08. The Morgan fingerprint density at radius 1 is 0.958 bits per heavy atom. The third kappa shape index (κ3) is 3.90. The number of aromatic nitrogens is 1. The fourth-order valence-electron chi connectivity index (χ4n) is 2.65. The summed E-state index contributed by atoms with van der Waals surface area (Å²) in [6.45, 7) is 0.297. The summed E-state index contributed by atoms with van der Waals surface area (Å²) in [6.07, 6.45) is 3.27. The molecule has 0 aliphatic rings. The SMILES string of the molecule is O=C(Cn1ccc2ccccc2c1=O)OCCCc1ccccc1. The lowest BCUT2D eigenvalue weighted by molar-refractivity contribution is -0.144. The molecule has 0 amide bonds. The topological polar surface area (TPSA) is 48.3 Å². The van der Waals surface area contributed by atoms with Gasteiger partial charge in [0.1, 0.15) is 6.54 Å². The lowest BCUT2D eigenvalue weighted by Gasteiger charge is -2.08. The van der Waals surface area contributed by atoms with E-state index in [1.165, 1.54) is 10.1 Å². The Bertz CT molecular complexity index is 884. The van der Waals surface area contributed by atoms with E-state index in [1.807, 2.05) is 42.5 Å². The molecule has 0 saturated heterocycles. The average molecular weight is 321 g/mol. The van der Waals surface area contributed by atoms with Crippen molar-refractivity contribution in [2.75, 3.05) is 6.61 Å². The molecule has 0 aliphatic heterocycles. The molecule has 0 saturated carbocycles. The van der Waals surface area contributed by atoms with Crippen molar-refractivity contribution in [2.24, 2.45) is 0 Å². The molecule has 0 atom stereocenters. The Labute approximate surface area is 140 Å². The van der Waals surface area contributed by atoms with Crippen molar-refractivity contribution < 1.29 is 9.53 Å². The number of nitrogens with zero attached hydrogens (tertiary/aromatic N) is 1. The van der Waals surface area contributed by atoms with Crippen LogP contribution in [0.2, 0.25) is 0 Å². The Morgan fingerprint density at radius 3 is 2.54 bits per heavy atom. The number of hydrogen-bond acceptors (Lipinski definition) is 3. The Morgan fingerprint density at radius 2 is 1.71 bits per heavy atom. The van der Waals surface area contributed by atoms with Crippen molar-refractivity contribution in [3.8, 4) is 0 Å². The summed E-state index contributed by atoms with van der Waals surface area (Å²) in [6, 6.07) is 19.2. The van der Waals surface area contributed by atoms with Crippen molar-refractivity contribution in [3.05, 3.63) is 82.8 Å². The minimum absolute atomic E-state index is 0.0605. The molecule has 1 heterocycles. The van der Waals surface area contributed by atoms with E-state index in [0.29, 0.717) is 12.0 Å². The molecule has 0 N–H and O–H groups in total. The van der Waals surface area contributed by atoms with E-state index in [4.69, 9.17) is 4.74 Å². The van der Waals surface area contributed by atoms with Crippen molar-refractivity contribution in [1.29, 1.82) is 0 Å². The number of carbonyl (C=O) groups excluding carboxylic acids is 1. The van der Waals surface area contributed by atoms with E-state index < -0.39 is 0 Å². The zero-order chi connectivity index (χ0) is 16.8. The minimum atomic E-state index is -0.388. The lowest BCUT2D eigenvalue weighted by Crippen LogP contribution is -2.25. The molecule has 0 bridgehead atoms. The Hall–Kier alpha value is -2.88. The summed E-state index contributed by atoms with van der Waals surface area (Å²) < 4.78 is 6.63. The average Bonchev–Trinajstić information content (AvgIpc) is 2.62. The number of esters is 1. The fourth-order valence-corrected chi connectivity index (χ4v) is 2.65. The van der Waals surface area contributed by atoms with Gasteiger partial charge in [0.25, 0.3) is 5.56 Å². The molecule has 3 aromatic rings. The number of benzene rings is 2. The summed E-state index contributed by atoms with van der Waals surface area (Å²) in [5.74, 6) is -0.388. The molecular weight excluding hydrogens is 302 g/mol. The summed E-state index contributed by atoms with van der Waals surface area (Å²) in [5.41, 5.74) is 1.05. The van der Waals surface area contributed by atoms with Gasteiger partial charge in [0.15, 0.2) is 0 Å². The van der Waals surface area contributed by atoms with Crippen LogP contribution in [0.5, 0.6) is 0 Å². The molecule has 4 nitrogen and oxygen atoms in total. The van der Waals surface area contributed by atoms with Crippen molar-refractivity contribution in [1.82, 2.24) is 4.57 Å². The molecule has 24 heavy (non-hydrogen) atoms. The molecule has 122 valence electrons. The van der Waals surface area contributed by atoms with Crippen molar-refractivity contribution in [3.63, 3.8) is 0 Å². The lowest BCUT2D eigenvalue weighted by atomic mass is 10.1. The molecular formula is C20H19NO3. The molecule has 0 spiro atoms. The van der Waals surface area contributed by atoms with Crippen LogP contribution >= 0.6 is 0 Å². The molecule has 3 rings (SSSR count). The van der Waals surface area contributed by atoms with Gasteiger partial charge in [-0.3, -0.25) is 9.59 Å². The van der Waals surface area contributed by atoms with Crippen LogP contribution < -0.4 is 5.56 Å². The van der Waals surface area contributed by atoms with Gasteiger partial charge >= 0.3 is 5.97 Å². The highest BCUT2D eigenvalue weighted by molar-refractivity contribution is 5.81. The van der Waals surface area contributed by atoms with Gasteiger partial charge in [-0.1, -0.05) is 48.5 Å². The van der Waals surface area contributed by atoms with Gasteiger partial charge in [-0.2, -0.15) is 0 Å². The quantitative estimate of drug-likeness (QED) is 0.517. The molecule has 0 radical (unpaired) electrons. The largest absolute Gasteiger partial charge is 0.464 e. The molecule has 2 aromatic carbocycles. The maximum atomic E-state index is 12.3. The van der Waals surface area contributed by atoms with Crippen LogP contribution in [0.3, 0.4) is 0 Å². The zero-order valence-corrected chi connectivity index (χ0v) is 13.4. The smallest absolute Gasteiger partial charge is 0.326 e. The normalized spacial score (nSPS) is 10.7. The predicted molar refractivity (Wildman–Crippen MR) is 93.9 cm³/mol. The monoisotopic (exact) mass is 321 g/mol. The maximum Gasteiger partial charge on any atom is 0.326 e. The first-order valence-corrected chi connectivity index (χ1v) is 8.02. The molecule has 0 aliphatic carbocycles. The maximum absolute atomic E-state index is 12.3. The van der Waals surface area contributed by atoms with Crippen molar-refractivity contribution in [2.45, 2.75) is 19.4 Å². The van der Waals surface area contributed by atoms with E-state index in [1.54, 1.807) is 12.3 Å². The van der Waals surface area contributed by atoms with Gasteiger partial charge in [-0.15, -0.1) is 0 Å². The second kappa shape index (κ2) is 7.59. The number of pyridine rings is 1. The van der Waals surface area contributed by atoms with Crippen LogP contribution in [0.25, 0.3) is 10.8 Å². The highest BCUT2D eigenvalue weighted by atomic mass is 16.5. The van der Waals surface area contributed by atoms with E-state index >= 15 is 0 Å². The first-order valence-electron chi connectivity index (χ1n) is 8.02. The minimum Gasteiger partial charge on any atom is -0.464 e. The number of carbonyl (C=O) groups is 1. The number of fused-ring (bicyclic) bond motifs is 1. The Kier molecular flexibility index (Phi) is 5.06. The van der Waals surface area contributed by atoms with Crippen LogP contribution in [0, 0.1) is 0 Å². The van der Waals surface area contributed by atoms with Gasteiger partial charge in [0.2, 0.25) is 0 Å². The van der Waals surface area contributed by atoms with E-state index in [2.05, 4.69) is 12.1 Å². The first-order chi connectivity index (χ1) is 11.7. The molecule has 0 unspecified atom stereocenters. The highest BCUT2D eigenvalue weighted by Gasteiger charge is 2.08. The second-order valence-corrected chi connectivity index (χ2v) is 5.65.